The van der Waals surface area contributed by atoms with Crippen LogP contribution in [0.25, 0.3) is 5.69 Å². The molecule has 1 N–H and O–H groups in total. The number of carboxylic acids is 1. The van der Waals surface area contributed by atoms with Gasteiger partial charge in [-0.25, -0.2) is 9.48 Å². The SMILES string of the molecule is O=C(O)C(=O)N1CCN(C(=O)c2ccn(-c3cccc(C(F)(F)F)c3)n2)CC1. The van der Waals surface area contributed by atoms with Crippen LogP contribution in [0.4, 0.5) is 13.2 Å². The number of halogens is 3. The molecule has 8 nitrogen and oxygen atoms in total. The summed E-state index contributed by atoms with van der Waals surface area (Å²) in [5.41, 5.74) is -0.631. The van der Waals surface area contributed by atoms with Crippen molar-refractivity contribution in [3.63, 3.8) is 0 Å². The first kappa shape index (κ1) is 19.4. The third-order valence-electron chi connectivity index (χ3n) is 4.28. The van der Waals surface area contributed by atoms with E-state index in [-0.39, 0.29) is 37.6 Å². The Morgan fingerprint density at radius 3 is 2.25 bits per heavy atom. The van der Waals surface area contributed by atoms with Gasteiger partial charge in [0.05, 0.1) is 11.3 Å². The van der Waals surface area contributed by atoms with Gasteiger partial charge < -0.3 is 14.9 Å². The van der Waals surface area contributed by atoms with Crippen LogP contribution < -0.4 is 0 Å². The van der Waals surface area contributed by atoms with E-state index >= 15 is 0 Å². The van der Waals surface area contributed by atoms with Gasteiger partial charge in [-0.05, 0) is 24.3 Å². The molecule has 1 fully saturated rings. The number of piperazine rings is 1. The Morgan fingerprint density at radius 2 is 1.64 bits per heavy atom. The topological polar surface area (TPSA) is 95.7 Å². The highest BCUT2D eigenvalue weighted by Crippen LogP contribution is 2.30. The number of alkyl halides is 3. The molecule has 1 saturated heterocycles. The van der Waals surface area contributed by atoms with E-state index in [0.29, 0.717) is 0 Å². The third kappa shape index (κ3) is 3.97. The third-order valence-corrected chi connectivity index (χ3v) is 4.28. The average molecular weight is 396 g/mol. The summed E-state index contributed by atoms with van der Waals surface area (Å²) in [6.07, 6.45) is -3.11. The zero-order valence-corrected chi connectivity index (χ0v) is 14.4. The minimum absolute atomic E-state index is 0.0374. The summed E-state index contributed by atoms with van der Waals surface area (Å²) < 4.78 is 39.7. The summed E-state index contributed by atoms with van der Waals surface area (Å²) in [5, 5.41) is 12.8. The molecule has 0 unspecified atom stereocenters. The number of aliphatic carboxylic acids is 1. The van der Waals surface area contributed by atoms with Crippen molar-refractivity contribution in [3.8, 4) is 5.69 Å². The van der Waals surface area contributed by atoms with E-state index in [9.17, 15) is 27.6 Å². The Balaban J connectivity index is 1.70. The average Bonchev–Trinajstić information content (AvgIpc) is 3.16. The maximum atomic E-state index is 12.8. The Hall–Kier alpha value is -3.37. The summed E-state index contributed by atoms with van der Waals surface area (Å²) in [6.45, 7) is 0.416. The lowest BCUT2D eigenvalue weighted by atomic mass is 10.2. The predicted octanol–water partition coefficient (Wildman–Crippen LogP) is 1.26. The molecular formula is C17H15F3N4O4. The number of hydrogen-bond acceptors (Lipinski definition) is 4. The van der Waals surface area contributed by atoms with Crippen molar-refractivity contribution >= 4 is 17.8 Å². The molecule has 0 radical (unpaired) electrons. The van der Waals surface area contributed by atoms with Crippen molar-refractivity contribution in [2.24, 2.45) is 0 Å². The lowest BCUT2D eigenvalue weighted by Gasteiger charge is -2.33. The second-order valence-electron chi connectivity index (χ2n) is 6.08. The van der Waals surface area contributed by atoms with Gasteiger partial charge in [0.15, 0.2) is 5.69 Å². The van der Waals surface area contributed by atoms with Crippen LogP contribution in [0.3, 0.4) is 0 Å². The Kier molecular flexibility index (Phi) is 5.08. The number of aromatic nitrogens is 2. The van der Waals surface area contributed by atoms with Crippen molar-refractivity contribution in [1.29, 1.82) is 0 Å². The number of nitrogens with zero attached hydrogens (tertiary/aromatic N) is 4. The standard InChI is InChI=1S/C17H15F3N4O4/c18-17(19,20)11-2-1-3-12(10-11)24-5-4-13(21-24)14(25)22-6-8-23(9-7-22)15(26)16(27)28/h1-5,10H,6-9H2,(H,27,28). The lowest BCUT2D eigenvalue weighted by Crippen LogP contribution is -2.52. The van der Waals surface area contributed by atoms with E-state index in [4.69, 9.17) is 5.11 Å². The van der Waals surface area contributed by atoms with Gasteiger partial charge in [0.25, 0.3) is 5.91 Å². The molecule has 2 amide bonds. The summed E-state index contributed by atoms with van der Waals surface area (Å²) in [7, 11) is 0. The summed E-state index contributed by atoms with van der Waals surface area (Å²) in [4.78, 5) is 37.2. The summed E-state index contributed by atoms with van der Waals surface area (Å²) in [6, 6.07) is 5.94. The molecule has 148 valence electrons. The molecule has 0 bridgehead atoms. The van der Waals surface area contributed by atoms with Crippen LogP contribution in [0.1, 0.15) is 16.1 Å². The van der Waals surface area contributed by atoms with Crippen LogP contribution in [0.2, 0.25) is 0 Å². The van der Waals surface area contributed by atoms with Crippen molar-refractivity contribution in [2.75, 3.05) is 26.2 Å². The molecule has 28 heavy (non-hydrogen) atoms. The normalized spacial score (nSPS) is 14.8. The van der Waals surface area contributed by atoms with E-state index in [2.05, 4.69) is 5.10 Å². The van der Waals surface area contributed by atoms with Crippen LogP contribution in [0.5, 0.6) is 0 Å². The molecule has 11 heteroatoms. The number of carbonyl (C=O) groups is 3. The summed E-state index contributed by atoms with van der Waals surface area (Å²) >= 11 is 0. The molecule has 1 aromatic carbocycles. The van der Waals surface area contributed by atoms with Crippen molar-refractivity contribution < 1.29 is 32.7 Å². The zero-order chi connectivity index (χ0) is 20.5. The van der Waals surface area contributed by atoms with Crippen LogP contribution >= 0.6 is 0 Å². The predicted molar refractivity (Wildman–Crippen MR) is 88.7 cm³/mol. The molecule has 0 atom stereocenters. The molecule has 0 spiro atoms. The molecule has 0 saturated carbocycles. The Morgan fingerprint density at radius 1 is 1.00 bits per heavy atom. The molecular weight excluding hydrogens is 381 g/mol. The van der Waals surface area contributed by atoms with Gasteiger partial charge in [0, 0.05) is 32.4 Å². The highest BCUT2D eigenvalue weighted by molar-refractivity contribution is 6.31. The zero-order valence-electron chi connectivity index (χ0n) is 14.4. The maximum absolute atomic E-state index is 12.8. The first-order valence-corrected chi connectivity index (χ1v) is 8.21. The van der Waals surface area contributed by atoms with E-state index in [1.54, 1.807) is 0 Å². The first-order valence-electron chi connectivity index (χ1n) is 8.21. The maximum Gasteiger partial charge on any atom is 0.416 e. The Labute approximate surface area is 156 Å². The molecule has 1 aromatic heterocycles. The van der Waals surface area contributed by atoms with Gasteiger partial charge in [-0.2, -0.15) is 18.3 Å². The summed E-state index contributed by atoms with van der Waals surface area (Å²) in [5.74, 6) is -3.03. The van der Waals surface area contributed by atoms with Gasteiger partial charge >= 0.3 is 18.1 Å². The number of hydrogen-bond donors (Lipinski definition) is 1. The number of rotatable bonds is 2. The fourth-order valence-electron chi connectivity index (χ4n) is 2.82. The smallest absolute Gasteiger partial charge is 0.416 e. The van der Waals surface area contributed by atoms with Gasteiger partial charge in [-0.3, -0.25) is 9.59 Å². The van der Waals surface area contributed by atoms with Crippen molar-refractivity contribution in [1.82, 2.24) is 19.6 Å². The van der Waals surface area contributed by atoms with Crippen molar-refractivity contribution in [2.45, 2.75) is 6.18 Å². The quantitative estimate of drug-likeness (QED) is 0.772. The van der Waals surface area contributed by atoms with Crippen LogP contribution in [0, 0.1) is 0 Å². The highest BCUT2D eigenvalue weighted by Gasteiger charge is 2.31. The molecule has 1 aliphatic rings. The van der Waals surface area contributed by atoms with Gasteiger partial charge in [-0.1, -0.05) is 6.07 Å². The molecule has 2 aromatic rings. The largest absolute Gasteiger partial charge is 0.474 e. The van der Waals surface area contributed by atoms with Gasteiger partial charge in [0.1, 0.15) is 0 Å². The molecule has 3 rings (SSSR count). The second-order valence-corrected chi connectivity index (χ2v) is 6.08. The monoisotopic (exact) mass is 396 g/mol. The van der Waals surface area contributed by atoms with Crippen molar-refractivity contribution in [3.05, 3.63) is 47.8 Å². The van der Waals surface area contributed by atoms with E-state index in [1.807, 2.05) is 0 Å². The van der Waals surface area contributed by atoms with Gasteiger partial charge in [0.2, 0.25) is 0 Å². The number of carbonyl (C=O) groups excluding carboxylic acids is 2. The van der Waals surface area contributed by atoms with Crippen LogP contribution in [-0.2, 0) is 15.8 Å². The Bertz CT molecular complexity index is 917. The molecule has 2 heterocycles. The number of benzene rings is 1. The van der Waals surface area contributed by atoms with E-state index in [1.165, 1.54) is 34.0 Å². The van der Waals surface area contributed by atoms with Crippen LogP contribution in [-0.4, -0.2) is 68.6 Å². The first-order chi connectivity index (χ1) is 13.2. The fraction of sp³-hybridized carbons (Fsp3) is 0.294. The number of amides is 2. The van der Waals surface area contributed by atoms with Gasteiger partial charge in [-0.15, -0.1) is 0 Å². The lowest BCUT2D eigenvalue weighted by molar-refractivity contribution is -0.156. The highest BCUT2D eigenvalue weighted by atomic mass is 19.4. The minimum atomic E-state index is -4.49. The van der Waals surface area contributed by atoms with E-state index in [0.717, 1.165) is 17.0 Å². The minimum Gasteiger partial charge on any atom is -0.474 e. The number of carboxylic acid groups (broad SMARTS) is 1. The second kappa shape index (κ2) is 7.33. The van der Waals surface area contributed by atoms with E-state index < -0.39 is 29.5 Å². The molecule has 0 aliphatic carbocycles. The van der Waals surface area contributed by atoms with Crippen LogP contribution in [0.15, 0.2) is 36.5 Å². The fourth-order valence-corrected chi connectivity index (χ4v) is 2.82. The molecule has 1 aliphatic heterocycles.